The van der Waals surface area contributed by atoms with E-state index in [0.29, 0.717) is 0 Å². The lowest BCUT2D eigenvalue weighted by atomic mass is 10.00. The molecule has 0 radical (unpaired) electrons. The van der Waals surface area contributed by atoms with Crippen molar-refractivity contribution < 1.29 is 4.42 Å². The highest BCUT2D eigenvalue weighted by atomic mass is 32.1. The van der Waals surface area contributed by atoms with Gasteiger partial charge in [-0.25, -0.2) is 0 Å². The first-order valence-corrected chi connectivity index (χ1v) is 18.5. The second-order valence-electron chi connectivity index (χ2n) is 13.7. The van der Waals surface area contributed by atoms with Gasteiger partial charge in [0.15, 0.2) is 5.58 Å². The third-order valence-electron chi connectivity index (χ3n) is 10.9. The average Bonchev–Trinajstić information content (AvgIpc) is 3.95. The molecule has 0 amide bonds. The molecule has 8 aromatic carbocycles. The number of aromatic nitrogens is 2. The minimum atomic E-state index is 0.908. The van der Waals surface area contributed by atoms with Crippen LogP contribution in [0.1, 0.15) is 0 Å². The van der Waals surface area contributed by atoms with Crippen molar-refractivity contribution in [2.24, 2.45) is 0 Å². The van der Waals surface area contributed by atoms with Crippen molar-refractivity contribution in [3.63, 3.8) is 0 Å². The van der Waals surface area contributed by atoms with E-state index >= 15 is 0 Å². The van der Waals surface area contributed by atoms with Crippen LogP contribution in [0.2, 0.25) is 0 Å². The molecule has 4 aromatic heterocycles. The van der Waals surface area contributed by atoms with Crippen LogP contribution in [-0.2, 0) is 0 Å². The molecule has 52 heavy (non-hydrogen) atoms. The number of thiophene rings is 1. The van der Waals surface area contributed by atoms with Crippen LogP contribution in [0.5, 0.6) is 0 Å². The molecule has 0 fully saturated rings. The molecule has 0 bridgehead atoms. The predicted molar refractivity (Wildman–Crippen MR) is 221 cm³/mol. The van der Waals surface area contributed by atoms with E-state index in [1.165, 1.54) is 63.9 Å². The number of rotatable bonds is 3. The molecular weight excluding hydrogens is 653 g/mol. The van der Waals surface area contributed by atoms with Gasteiger partial charge in [-0.3, -0.25) is 0 Å². The molecule has 0 N–H and O–H groups in total. The van der Waals surface area contributed by atoms with Gasteiger partial charge >= 0.3 is 0 Å². The Morgan fingerprint density at radius 3 is 1.88 bits per heavy atom. The summed E-state index contributed by atoms with van der Waals surface area (Å²) in [6.45, 7) is 0. The Hall–Kier alpha value is -6.62. The highest BCUT2D eigenvalue weighted by Gasteiger charge is 2.21. The van der Waals surface area contributed by atoms with Crippen molar-refractivity contribution in [1.82, 2.24) is 9.13 Å². The molecule has 0 unspecified atom stereocenters. The topological polar surface area (TPSA) is 23.0 Å². The number of furan rings is 1. The van der Waals surface area contributed by atoms with Crippen LogP contribution in [0.15, 0.2) is 174 Å². The van der Waals surface area contributed by atoms with Crippen LogP contribution in [-0.4, -0.2) is 9.13 Å². The summed E-state index contributed by atoms with van der Waals surface area (Å²) in [5.41, 5.74) is 11.2. The van der Waals surface area contributed by atoms with Crippen molar-refractivity contribution >= 4 is 97.1 Å². The maximum absolute atomic E-state index is 6.63. The normalized spacial score (nSPS) is 12.2. The van der Waals surface area contributed by atoms with Crippen molar-refractivity contribution in [2.75, 3.05) is 0 Å². The molecular formula is C48H28N2OS. The predicted octanol–water partition coefficient (Wildman–Crippen LogP) is 13.8. The Morgan fingerprint density at radius 2 is 1.04 bits per heavy atom. The van der Waals surface area contributed by atoms with Crippen LogP contribution in [0.3, 0.4) is 0 Å². The van der Waals surface area contributed by atoms with Crippen molar-refractivity contribution in [1.29, 1.82) is 0 Å². The maximum Gasteiger partial charge on any atom is 0.160 e. The zero-order valence-electron chi connectivity index (χ0n) is 27.9. The standard InChI is InChI=1S/C48H28N2OS/c1-3-11-31(12-4-1)49-40-25-26-44-46(37-16-8-10-18-43(37)52-44)45(40)36-21-19-30(28-41(36)49)29-20-24-39-38(27-29)34-22-23-35-33-15-7-9-17-42(33)51-48(35)47(34)50(39)32-13-5-2-6-14-32/h1-28H. The minimum Gasteiger partial charge on any atom is -0.454 e. The Balaban J connectivity index is 1.15. The average molecular weight is 681 g/mol. The van der Waals surface area contributed by atoms with E-state index in [1.54, 1.807) is 0 Å². The van der Waals surface area contributed by atoms with Gasteiger partial charge in [0.25, 0.3) is 0 Å². The van der Waals surface area contributed by atoms with E-state index in [2.05, 4.69) is 173 Å². The summed E-state index contributed by atoms with van der Waals surface area (Å²) < 4.78 is 14.1. The Labute approximate surface area is 301 Å². The number of fused-ring (bicyclic) bond motifs is 14. The van der Waals surface area contributed by atoms with Gasteiger partial charge in [0.2, 0.25) is 0 Å². The van der Waals surface area contributed by atoms with Gasteiger partial charge in [0.1, 0.15) is 5.58 Å². The Kier molecular flexibility index (Phi) is 5.65. The highest BCUT2D eigenvalue weighted by molar-refractivity contribution is 7.26. The third-order valence-corrected chi connectivity index (χ3v) is 12.0. The number of nitrogens with zero attached hydrogens (tertiary/aromatic N) is 2. The molecule has 12 rings (SSSR count). The second kappa shape index (κ2) is 10.5. The molecule has 0 aliphatic rings. The van der Waals surface area contributed by atoms with Crippen LogP contribution in [0.25, 0.3) is 108 Å². The molecule has 0 saturated carbocycles. The summed E-state index contributed by atoms with van der Waals surface area (Å²) in [7, 11) is 0. The largest absolute Gasteiger partial charge is 0.454 e. The first-order valence-electron chi connectivity index (χ1n) is 17.7. The highest BCUT2D eigenvalue weighted by Crippen LogP contribution is 2.45. The fourth-order valence-electron chi connectivity index (χ4n) is 8.66. The molecule has 3 nitrogen and oxygen atoms in total. The fourth-order valence-corrected chi connectivity index (χ4v) is 9.78. The van der Waals surface area contributed by atoms with Gasteiger partial charge in [0, 0.05) is 63.9 Å². The molecule has 12 aromatic rings. The number of para-hydroxylation sites is 3. The van der Waals surface area contributed by atoms with E-state index in [1.807, 2.05) is 17.4 Å². The molecule has 0 aliphatic carbocycles. The first kappa shape index (κ1) is 28.1. The van der Waals surface area contributed by atoms with E-state index in [0.717, 1.165) is 44.3 Å². The lowest BCUT2D eigenvalue weighted by molar-refractivity contribution is 0.671. The van der Waals surface area contributed by atoms with Crippen LogP contribution < -0.4 is 0 Å². The molecule has 242 valence electrons. The van der Waals surface area contributed by atoms with E-state index in [9.17, 15) is 0 Å². The SMILES string of the molecule is c1ccc(-n2c3cc(-c4ccc5c(c4)c4ccc6c7ccccc7oc6c4n5-c4ccccc4)ccc3c3c4c(ccc32)sc2ccccc24)cc1. The molecule has 4 heterocycles. The zero-order chi connectivity index (χ0) is 33.9. The van der Waals surface area contributed by atoms with Crippen molar-refractivity contribution in [3.8, 4) is 22.5 Å². The van der Waals surface area contributed by atoms with E-state index < -0.39 is 0 Å². The lowest BCUT2D eigenvalue weighted by Crippen LogP contribution is -1.94. The molecule has 0 atom stereocenters. The number of hydrogen-bond donors (Lipinski definition) is 0. The summed E-state index contributed by atoms with van der Waals surface area (Å²) >= 11 is 1.88. The molecule has 0 saturated heterocycles. The quantitative estimate of drug-likeness (QED) is 0.182. The maximum atomic E-state index is 6.63. The van der Waals surface area contributed by atoms with Crippen molar-refractivity contribution in [2.45, 2.75) is 0 Å². The summed E-state index contributed by atoms with van der Waals surface area (Å²) in [5.74, 6) is 0. The van der Waals surface area contributed by atoms with Gasteiger partial charge in [-0.15, -0.1) is 11.3 Å². The molecule has 4 heteroatoms. The van der Waals surface area contributed by atoms with Crippen molar-refractivity contribution in [3.05, 3.63) is 170 Å². The molecule has 0 spiro atoms. The van der Waals surface area contributed by atoms with Crippen LogP contribution in [0.4, 0.5) is 0 Å². The number of hydrogen-bond acceptors (Lipinski definition) is 2. The van der Waals surface area contributed by atoms with E-state index in [4.69, 9.17) is 4.42 Å². The van der Waals surface area contributed by atoms with Gasteiger partial charge in [-0.05, 0) is 83.9 Å². The third kappa shape index (κ3) is 3.79. The fraction of sp³-hybridized carbons (Fsp3) is 0. The number of benzene rings is 8. The smallest absolute Gasteiger partial charge is 0.160 e. The zero-order valence-corrected chi connectivity index (χ0v) is 28.7. The van der Waals surface area contributed by atoms with Gasteiger partial charge in [-0.2, -0.15) is 0 Å². The van der Waals surface area contributed by atoms with Crippen LogP contribution >= 0.6 is 11.3 Å². The lowest BCUT2D eigenvalue weighted by Gasteiger charge is -2.10. The van der Waals surface area contributed by atoms with Gasteiger partial charge < -0.3 is 13.6 Å². The van der Waals surface area contributed by atoms with Crippen LogP contribution in [0, 0.1) is 0 Å². The van der Waals surface area contributed by atoms with Gasteiger partial charge in [-0.1, -0.05) is 97.1 Å². The second-order valence-corrected chi connectivity index (χ2v) is 14.8. The molecule has 0 aliphatic heterocycles. The summed E-state index contributed by atoms with van der Waals surface area (Å²) in [6, 6.07) is 61.6. The Bertz CT molecular complexity index is 3400. The summed E-state index contributed by atoms with van der Waals surface area (Å²) in [6.07, 6.45) is 0. The van der Waals surface area contributed by atoms with Gasteiger partial charge in [0.05, 0.1) is 22.1 Å². The minimum absolute atomic E-state index is 0.908. The summed E-state index contributed by atoms with van der Waals surface area (Å²) in [4.78, 5) is 0. The monoisotopic (exact) mass is 680 g/mol. The Morgan fingerprint density at radius 1 is 0.385 bits per heavy atom. The summed E-state index contributed by atoms with van der Waals surface area (Å²) in [5, 5.41) is 9.91. The van der Waals surface area contributed by atoms with E-state index in [-0.39, 0.29) is 0 Å². The first-order chi connectivity index (χ1) is 25.8.